The fourth-order valence-electron chi connectivity index (χ4n) is 1.34. The van der Waals surface area contributed by atoms with E-state index < -0.39 is 5.95 Å². The molecule has 84 valence electrons. The van der Waals surface area contributed by atoms with Gasteiger partial charge in [0.15, 0.2) is 0 Å². The molecule has 0 fully saturated rings. The van der Waals surface area contributed by atoms with Crippen LogP contribution in [0.25, 0.3) is 20.9 Å². The van der Waals surface area contributed by atoms with E-state index in [0.29, 0.717) is 15.4 Å². The Kier molecular flexibility index (Phi) is 2.45. The van der Waals surface area contributed by atoms with Gasteiger partial charge in [-0.15, -0.1) is 0 Å². The number of rotatable bonds is 1. The predicted octanol–water partition coefficient (Wildman–Crippen LogP) is 2.94. The normalized spacial score (nSPS) is 10.9. The average Bonchev–Trinajstić information content (AvgIpc) is 2.72. The first-order valence-electron chi connectivity index (χ1n) is 4.63. The highest BCUT2D eigenvalue weighted by molar-refractivity contribution is 7.21. The quantitative estimate of drug-likeness (QED) is 0.502. The minimum atomic E-state index is -0.516. The van der Waals surface area contributed by atoms with Crippen molar-refractivity contribution in [1.29, 1.82) is 0 Å². The molecule has 0 amide bonds. The first-order chi connectivity index (χ1) is 8.22. The van der Waals surface area contributed by atoms with Crippen LogP contribution in [0.5, 0.6) is 0 Å². The standard InChI is InChI=1S/C10H4ClFN4S/c11-10-14-4-6-9(16-10)17-8(15-6)5-1-2-7(12)13-3-5/h1-4H. The van der Waals surface area contributed by atoms with Gasteiger partial charge in [-0.05, 0) is 23.7 Å². The minimum absolute atomic E-state index is 0.185. The molecular formula is C10H4ClFN4S. The molecule has 3 aromatic heterocycles. The Morgan fingerprint density at radius 1 is 1.12 bits per heavy atom. The maximum atomic E-state index is 12.7. The van der Waals surface area contributed by atoms with Crippen molar-refractivity contribution in [2.75, 3.05) is 0 Å². The topological polar surface area (TPSA) is 51.6 Å². The molecule has 3 rings (SSSR count). The summed E-state index contributed by atoms with van der Waals surface area (Å²) in [7, 11) is 0. The Bertz CT molecular complexity index is 682. The van der Waals surface area contributed by atoms with Gasteiger partial charge in [-0.1, -0.05) is 11.3 Å². The lowest BCUT2D eigenvalue weighted by atomic mass is 10.3. The van der Waals surface area contributed by atoms with E-state index >= 15 is 0 Å². The summed E-state index contributed by atoms with van der Waals surface area (Å²) in [6.07, 6.45) is 2.99. The lowest BCUT2D eigenvalue weighted by molar-refractivity contribution is 0.584. The molecule has 17 heavy (non-hydrogen) atoms. The van der Waals surface area contributed by atoms with Crippen LogP contribution in [0.3, 0.4) is 0 Å². The lowest BCUT2D eigenvalue weighted by Gasteiger charge is -1.93. The van der Waals surface area contributed by atoms with E-state index in [4.69, 9.17) is 11.6 Å². The molecule has 0 radical (unpaired) electrons. The molecule has 0 unspecified atom stereocenters. The highest BCUT2D eigenvalue weighted by Crippen LogP contribution is 2.28. The zero-order chi connectivity index (χ0) is 11.8. The number of halogens is 2. The molecule has 0 N–H and O–H groups in total. The second kappa shape index (κ2) is 3.97. The Morgan fingerprint density at radius 3 is 2.76 bits per heavy atom. The Morgan fingerprint density at radius 2 is 2.00 bits per heavy atom. The van der Waals surface area contributed by atoms with Crippen molar-refractivity contribution >= 4 is 33.3 Å². The molecule has 0 saturated carbocycles. The van der Waals surface area contributed by atoms with E-state index in [1.54, 1.807) is 12.3 Å². The zero-order valence-electron chi connectivity index (χ0n) is 8.26. The predicted molar refractivity (Wildman–Crippen MR) is 63.4 cm³/mol. The number of nitrogens with zero attached hydrogens (tertiary/aromatic N) is 4. The van der Waals surface area contributed by atoms with Crippen LogP contribution in [-0.4, -0.2) is 19.9 Å². The highest BCUT2D eigenvalue weighted by Gasteiger charge is 2.08. The van der Waals surface area contributed by atoms with Crippen LogP contribution in [0.4, 0.5) is 4.39 Å². The van der Waals surface area contributed by atoms with E-state index in [-0.39, 0.29) is 5.28 Å². The van der Waals surface area contributed by atoms with Gasteiger partial charge in [0.1, 0.15) is 15.4 Å². The van der Waals surface area contributed by atoms with Crippen molar-refractivity contribution in [3.8, 4) is 10.6 Å². The number of aromatic nitrogens is 4. The van der Waals surface area contributed by atoms with E-state index in [2.05, 4.69) is 19.9 Å². The van der Waals surface area contributed by atoms with Gasteiger partial charge in [-0.25, -0.2) is 19.9 Å². The van der Waals surface area contributed by atoms with Crippen molar-refractivity contribution in [1.82, 2.24) is 19.9 Å². The molecule has 0 aliphatic carbocycles. The number of thiazole rings is 1. The second-order valence-corrected chi connectivity index (χ2v) is 4.53. The fraction of sp³-hybridized carbons (Fsp3) is 0. The monoisotopic (exact) mass is 266 g/mol. The highest BCUT2D eigenvalue weighted by atomic mass is 35.5. The average molecular weight is 267 g/mol. The maximum absolute atomic E-state index is 12.7. The molecule has 0 aromatic carbocycles. The van der Waals surface area contributed by atoms with Crippen molar-refractivity contribution in [3.05, 3.63) is 35.8 Å². The summed E-state index contributed by atoms with van der Waals surface area (Å²) >= 11 is 7.05. The SMILES string of the molecule is Fc1ccc(-c2nc3cnc(Cl)nc3s2)cn1. The molecular weight excluding hydrogens is 263 g/mol. The van der Waals surface area contributed by atoms with Gasteiger partial charge in [0.05, 0.1) is 6.20 Å². The number of hydrogen-bond donors (Lipinski definition) is 0. The van der Waals surface area contributed by atoms with Crippen LogP contribution in [0.15, 0.2) is 24.5 Å². The largest absolute Gasteiger partial charge is 0.233 e. The molecule has 7 heteroatoms. The van der Waals surface area contributed by atoms with Crippen LogP contribution in [-0.2, 0) is 0 Å². The fourth-order valence-corrected chi connectivity index (χ4v) is 2.43. The summed E-state index contributed by atoms with van der Waals surface area (Å²) in [5, 5.41) is 0.897. The minimum Gasteiger partial charge on any atom is -0.233 e. The van der Waals surface area contributed by atoms with Gasteiger partial charge in [0.25, 0.3) is 0 Å². The van der Waals surface area contributed by atoms with Crippen molar-refractivity contribution in [2.45, 2.75) is 0 Å². The number of pyridine rings is 1. The molecule has 0 bridgehead atoms. The van der Waals surface area contributed by atoms with E-state index in [1.807, 2.05) is 0 Å². The molecule has 3 heterocycles. The summed E-state index contributed by atoms with van der Waals surface area (Å²) in [6.45, 7) is 0. The maximum Gasteiger partial charge on any atom is 0.223 e. The molecule has 0 aliphatic heterocycles. The van der Waals surface area contributed by atoms with E-state index in [1.165, 1.54) is 23.6 Å². The van der Waals surface area contributed by atoms with Gasteiger partial charge in [0.2, 0.25) is 11.2 Å². The van der Waals surface area contributed by atoms with Gasteiger partial charge in [0, 0.05) is 11.8 Å². The van der Waals surface area contributed by atoms with Crippen molar-refractivity contribution in [2.24, 2.45) is 0 Å². The molecule has 0 aliphatic rings. The number of fused-ring (bicyclic) bond motifs is 1. The lowest BCUT2D eigenvalue weighted by Crippen LogP contribution is -1.82. The van der Waals surface area contributed by atoms with Crippen LogP contribution in [0, 0.1) is 5.95 Å². The molecule has 3 aromatic rings. The molecule has 0 atom stereocenters. The second-order valence-electron chi connectivity index (χ2n) is 3.22. The summed E-state index contributed by atoms with van der Waals surface area (Å²) < 4.78 is 12.7. The van der Waals surface area contributed by atoms with Gasteiger partial charge in [-0.2, -0.15) is 4.39 Å². The van der Waals surface area contributed by atoms with Crippen LogP contribution in [0.1, 0.15) is 0 Å². The Labute approximate surface area is 104 Å². The molecule has 0 saturated heterocycles. The Hall–Kier alpha value is -1.66. The summed E-state index contributed by atoms with van der Waals surface area (Å²) in [6, 6.07) is 2.91. The van der Waals surface area contributed by atoms with E-state index in [9.17, 15) is 4.39 Å². The van der Waals surface area contributed by atoms with Gasteiger partial charge < -0.3 is 0 Å². The van der Waals surface area contributed by atoms with Crippen LogP contribution >= 0.6 is 22.9 Å². The number of hydrogen-bond acceptors (Lipinski definition) is 5. The third-order valence-electron chi connectivity index (χ3n) is 2.10. The molecule has 0 spiro atoms. The first-order valence-corrected chi connectivity index (χ1v) is 5.83. The zero-order valence-corrected chi connectivity index (χ0v) is 9.83. The van der Waals surface area contributed by atoms with Crippen molar-refractivity contribution in [3.63, 3.8) is 0 Å². The molecule has 4 nitrogen and oxygen atoms in total. The summed E-state index contributed by atoms with van der Waals surface area (Å²) in [5.74, 6) is -0.516. The smallest absolute Gasteiger partial charge is 0.223 e. The van der Waals surface area contributed by atoms with Gasteiger partial charge >= 0.3 is 0 Å². The van der Waals surface area contributed by atoms with E-state index in [0.717, 1.165) is 5.56 Å². The van der Waals surface area contributed by atoms with Crippen molar-refractivity contribution < 1.29 is 4.39 Å². The van der Waals surface area contributed by atoms with Crippen LogP contribution in [0.2, 0.25) is 5.28 Å². The van der Waals surface area contributed by atoms with Gasteiger partial charge in [-0.3, -0.25) is 0 Å². The Balaban J connectivity index is 2.14. The summed E-state index contributed by atoms with van der Waals surface area (Å²) in [4.78, 5) is 16.5. The van der Waals surface area contributed by atoms with Crippen LogP contribution < -0.4 is 0 Å². The first kappa shape index (κ1) is 10.5. The third-order valence-corrected chi connectivity index (χ3v) is 3.29. The third kappa shape index (κ3) is 1.96. The summed E-state index contributed by atoms with van der Waals surface area (Å²) in [5.41, 5.74) is 1.41.